The van der Waals surface area contributed by atoms with Crippen LogP contribution in [0.3, 0.4) is 0 Å². The fraction of sp³-hybridized carbons (Fsp3) is 0.429. The van der Waals surface area contributed by atoms with Gasteiger partial charge in [0.15, 0.2) is 0 Å². The molecule has 0 aliphatic rings. The molecule has 2 rings (SSSR count). The van der Waals surface area contributed by atoms with Gasteiger partial charge in [-0.15, -0.1) is 0 Å². The lowest BCUT2D eigenvalue weighted by Crippen LogP contribution is -2.18. The van der Waals surface area contributed by atoms with Gasteiger partial charge in [-0.1, -0.05) is 12.1 Å². The highest BCUT2D eigenvalue weighted by atomic mass is 19.3. The van der Waals surface area contributed by atoms with E-state index in [0.29, 0.717) is 13.2 Å². The summed E-state index contributed by atoms with van der Waals surface area (Å²) in [5, 5.41) is 4.22. The highest BCUT2D eigenvalue weighted by molar-refractivity contribution is 5.80. The molecule has 0 bridgehead atoms. The molecule has 0 radical (unpaired) electrons. The van der Waals surface area contributed by atoms with E-state index in [4.69, 9.17) is 4.74 Å². The molecule has 1 heterocycles. The van der Waals surface area contributed by atoms with Crippen molar-refractivity contribution >= 4 is 10.9 Å². The number of hydrogen-bond donors (Lipinski definition) is 1. The van der Waals surface area contributed by atoms with E-state index in [0.717, 1.165) is 23.0 Å². The van der Waals surface area contributed by atoms with Crippen molar-refractivity contribution in [1.29, 1.82) is 0 Å². The van der Waals surface area contributed by atoms with Crippen LogP contribution in [0.25, 0.3) is 10.9 Å². The van der Waals surface area contributed by atoms with Gasteiger partial charge >= 0.3 is 0 Å². The number of halogens is 2. The number of nitrogens with zero attached hydrogens (tertiary/aromatic N) is 1. The summed E-state index contributed by atoms with van der Waals surface area (Å²) in [4.78, 5) is 0. The van der Waals surface area contributed by atoms with Crippen LogP contribution in [0, 0.1) is 0 Å². The van der Waals surface area contributed by atoms with Gasteiger partial charge in [0.25, 0.3) is 6.43 Å². The van der Waals surface area contributed by atoms with E-state index in [1.165, 1.54) is 0 Å². The standard InChI is InChI=1S/C14H18F2N2O/c1-19-7-5-17-9-11-2-3-12-4-6-18(10-14(15)16)13(12)8-11/h2-4,6,8,14,17H,5,7,9-10H2,1H3. The number of methoxy groups -OCH3 is 1. The number of fused-ring (bicyclic) bond motifs is 1. The van der Waals surface area contributed by atoms with Crippen molar-refractivity contribution in [3.05, 3.63) is 36.0 Å². The van der Waals surface area contributed by atoms with Gasteiger partial charge in [0.05, 0.1) is 13.2 Å². The summed E-state index contributed by atoms with van der Waals surface area (Å²) in [5.74, 6) is 0. The molecular weight excluding hydrogens is 250 g/mol. The third kappa shape index (κ3) is 3.75. The SMILES string of the molecule is COCCNCc1ccc2ccn(CC(F)F)c2c1. The zero-order chi connectivity index (χ0) is 13.7. The molecular formula is C14H18F2N2O. The van der Waals surface area contributed by atoms with Crippen molar-refractivity contribution in [3.8, 4) is 0 Å². The topological polar surface area (TPSA) is 26.2 Å². The van der Waals surface area contributed by atoms with E-state index in [-0.39, 0.29) is 6.54 Å². The van der Waals surface area contributed by atoms with Gasteiger partial charge in [-0.3, -0.25) is 0 Å². The number of nitrogens with one attached hydrogen (secondary N) is 1. The molecule has 0 saturated heterocycles. The van der Waals surface area contributed by atoms with Crippen LogP contribution >= 0.6 is 0 Å². The molecule has 104 valence electrons. The van der Waals surface area contributed by atoms with Crippen LogP contribution in [0.4, 0.5) is 8.78 Å². The number of hydrogen-bond acceptors (Lipinski definition) is 2. The van der Waals surface area contributed by atoms with Gasteiger partial charge in [-0.2, -0.15) is 0 Å². The fourth-order valence-corrected chi connectivity index (χ4v) is 2.05. The first-order chi connectivity index (χ1) is 9.20. The summed E-state index contributed by atoms with van der Waals surface area (Å²) < 4.78 is 31.5. The molecule has 0 spiro atoms. The minimum Gasteiger partial charge on any atom is -0.383 e. The summed E-state index contributed by atoms with van der Waals surface area (Å²) in [6.07, 6.45) is -0.627. The Morgan fingerprint density at radius 2 is 2.16 bits per heavy atom. The molecule has 1 N–H and O–H groups in total. The predicted molar refractivity (Wildman–Crippen MR) is 71.5 cm³/mol. The molecule has 0 fully saturated rings. The van der Waals surface area contributed by atoms with Gasteiger partial charge in [-0.05, 0) is 23.1 Å². The van der Waals surface area contributed by atoms with Crippen LogP contribution < -0.4 is 5.32 Å². The first-order valence-corrected chi connectivity index (χ1v) is 6.26. The minimum absolute atomic E-state index is 0.260. The second kappa shape index (κ2) is 6.63. The van der Waals surface area contributed by atoms with E-state index < -0.39 is 6.43 Å². The van der Waals surface area contributed by atoms with Crippen LogP contribution in [-0.2, 0) is 17.8 Å². The Hall–Kier alpha value is -1.46. The highest BCUT2D eigenvalue weighted by Gasteiger charge is 2.07. The zero-order valence-corrected chi connectivity index (χ0v) is 10.9. The van der Waals surface area contributed by atoms with E-state index >= 15 is 0 Å². The molecule has 0 saturated carbocycles. The highest BCUT2D eigenvalue weighted by Crippen LogP contribution is 2.18. The average molecular weight is 268 g/mol. The summed E-state index contributed by atoms with van der Waals surface area (Å²) in [6.45, 7) is 1.87. The van der Waals surface area contributed by atoms with Crippen molar-refractivity contribution in [1.82, 2.24) is 9.88 Å². The smallest absolute Gasteiger partial charge is 0.256 e. The lowest BCUT2D eigenvalue weighted by molar-refractivity contribution is 0.128. The van der Waals surface area contributed by atoms with E-state index in [9.17, 15) is 8.78 Å². The van der Waals surface area contributed by atoms with Gasteiger partial charge in [0.1, 0.15) is 0 Å². The Labute approximate surface area is 111 Å². The number of rotatable bonds is 7. The Morgan fingerprint density at radius 1 is 1.32 bits per heavy atom. The molecule has 5 heteroatoms. The summed E-state index contributed by atoms with van der Waals surface area (Å²) in [7, 11) is 1.66. The molecule has 0 aliphatic heterocycles. The fourth-order valence-electron chi connectivity index (χ4n) is 2.05. The normalized spacial score (nSPS) is 11.6. The van der Waals surface area contributed by atoms with E-state index in [1.54, 1.807) is 17.9 Å². The predicted octanol–water partition coefficient (Wildman–Crippen LogP) is 2.64. The maximum Gasteiger partial charge on any atom is 0.256 e. The first kappa shape index (κ1) is 14.0. The van der Waals surface area contributed by atoms with Gasteiger partial charge < -0.3 is 14.6 Å². The molecule has 2 aromatic rings. The summed E-state index contributed by atoms with van der Waals surface area (Å²) in [5.41, 5.74) is 1.93. The Kier molecular flexibility index (Phi) is 4.87. The maximum atomic E-state index is 12.5. The third-order valence-corrected chi connectivity index (χ3v) is 2.99. The monoisotopic (exact) mass is 268 g/mol. The van der Waals surface area contributed by atoms with Crippen LogP contribution in [0.2, 0.25) is 0 Å². The van der Waals surface area contributed by atoms with Crippen LogP contribution in [0.1, 0.15) is 5.56 Å². The van der Waals surface area contributed by atoms with E-state index in [2.05, 4.69) is 5.32 Å². The largest absolute Gasteiger partial charge is 0.383 e. The second-order valence-corrected chi connectivity index (χ2v) is 4.42. The third-order valence-electron chi connectivity index (χ3n) is 2.99. The van der Waals surface area contributed by atoms with E-state index in [1.807, 2.05) is 24.3 Å². The van der Waals surface area contributed by atoms with Crippen molar-refractivity contribution < 1.29 is 13.5 Å². The number of alkyl halides is 2. The molecule has 19 heavy (non-hydrogen) atoms. The van der Waals surface area contributed by atoms with Gasteiger partial charge in [0, 0.05) is 31.9 Å². The number of aromatic nitrogens is 1. The molecule has 0 unspecified atom stereocenters. The Bertz CT molecular complexity index is 525. The molecule has 3 nitrogen and oxygen atoms in total. The van der Waals surface area contributed by atoms with Crippen LogP contribution in [-0.4, -0.2) is 31.3 Å². The molecule has 0 amide bonds. The Balaban J connectivity index is 2.09. The maximum absolute atomic E-state index is 12.5. The average Bonchev–Trinajstić information content (AvgIpc) is 2.77. The summed E-state index contributed by atoms with van der Waals surface area (Å²) >= 11 is 0. The van der Waals surface area contributed by atoms with Crippen LogP contribution in [0.15, 0.2) is 30.5 Å². The van der Waals surface area contributed by atoms with Gasteiger partial charge in [-0.25, -0.2) is 8.78 Å². The molecule has 0 aliphatic carbocycles. The lowest BCUT2D eigenvalue weighted by Gasteiger charge is -2.07. The molecule has 0 atom stereocenters. The van der Waals surface area contributed by atoms with Crippen LogP contribution in [0.5, 0.6) is 0 Å². The van der Waals surface area contributed by atoms with Crippen molar-refractivity contribution in [2.24, 2.45) is 0 Å². The second-order valence-electron chi connectivity index (χ2n) is 4.42. The minimum atomic E-state index is -2.33. The Morgan fingerprint density at radius 3 is 2.89 bits per heavy atom. The lowest BCUT2D eigenvalue weighted by atomic mass is 10.1. The number of benzene rings is 1. The van der Waals surface area contributed by atoms with Crippen molar-refractivity contribution in [2.45, 2.75) is 19.5 Å². The number of ether oxygens (including phenoxy) is 1. The zero-order valence-electron chi connectivity index (χ0n) is 10.9. The quantitative estimate of drug-likeness (QED) is 0.781. The van der Waals surface area contributed by atoms with Gasteiger partial charge in [0.2, 0.25) is 0 Å². The van der Waals surface area contributed by atoms with Crippen molar-refractivity contribution in [2.75, 3.05) is 20.3 Å². The molecule has 1 aromatic heterocycles. The molecule has 1 aromatic carbocycles. The summed E-state index contributed by atoms with van der Waals surface area (Å²) in [6, 6.07) is 7.79. The first-order valence-electron chi connectivity index (χ1n) is 6.26. The van der Waals surface area contributed by atoms with Crippen molar-refractivity contribution in [3.63, 3.8) is 0 Å².